The van der Waals surface area contributed by atoms with Gasteiger partial charge >= 0.3 is 5.56 Å². The highest BCUT2D eigenvalue weighted by atomic mass is 35.5. The second-order valence-electron chi connectivity index (χ2n) is 5.58. The van der Waals surface area contributed by atoms with E-state index in [-0.39, 0.29) is 11.0 Å². The number of halogens is 1. The van der Waals surface area contributed by atoms with E-state index in [1.807, 2.05) is 41.9 Å². The van der Waals surface area contributed by atoms with Gasteiger partial charge in [-0.15, -0.1) is 4.68 Å². The zero-order chi connectivity index (χ0) is 15.3. The largest absolute Gasteiger partial charge is 0.870 e. The van der Waals surface area contributed by atoms with E-state index in [1.54, 1.807) is 10.7 Å². The highest BCUT2D eigenvalue weighted by Gasteiger charge is 2.29. The smallest absolute Gasteiger partial charge is 0.402 e. The number of fused-ring (bicyclic) bond motifs is 3. The molecule has 0 unspecified atom stereocenters. The van der Waals surface area contributed by atoms with Crippen LogP contribution in [0.2, 0.25) is 5.02 Å². The highest BCUT2D eigenvalue weighted by Crippen LogP contribution is 2.19. The van der Waals surface area contributed by atoms with Crippen molar-refractivity contribution in [3.05, 3.63) is 74.7 Å². The number of nitrogens with zero attached hydrogens (tertiary/aromatic N) is 2. The SMILES string of the molecule is Cc1cc(Cl)ccc1-n1[nH][n+]2c(c1=O)CCc1ccccc1-2.[OH-]. The fraction of sp³-hybridized carbons (Fsp3) is 0.176. The summed E-state index contributed by atoms with van der Waals surface area (Å²) in [6, 6.07) is 13.7. The Morgan fingerprint density at radius 3 is 2.74 bits per heavy atom. The first-order chi connectivity index (χ1) is 10.6. The van der Waals surface area contributed by atoms with Gasteiger partial charge in [0.2, 0.25) is 5.69 Å². The van der Waals surface area contributed by atoms with E-state index < -0.39 is 0 Å². The van der Waals surface area contributed by atoms with Crippen molar-refractivity contribution in [2.45, 2.75) is 19.8 Å². The van der Waals surface area contributed by atoms with Crippen LogP contribution in [0.25, 0.3) is 11.4 Å². The third-order valence-corrected chi connectivity index (χ3v) is 4.42. The van der Waals surface area contributed by atoms with E-state index in [4.69, 9.17) is 11.6 Å². The molecular formula is C17H16ClN3O2. The van der Waals surface area contributed by atoms with Gasteiger partial charge in [-0.25, -0.2) is 4.79 Å². The van der Waals surface area contributed by atoms with Crippen molar-refractivity contribution >= 4 is 11.6 Å². The normalized spacial score (nSPS) is 12.3. The lowest BCUT2D eigenvalue weighted by Gasteiger charge is -2.10. The van der Waals surface area contributed by atoms with Gasteiger partial charge < -0.3 is 5.48 Å². The lowest BCUT2D eigenvalue weighted by molar-refractivity contribution is -0.671. The van der Waals surface area contributed by atoms with Gasteiger partial charge in [-0.3, -0.25) is 0 Å². The molecule has 0 spiro atoms. The molecule has 1 aliphatic rings. The van der Waals surface area contributed by atoms with Crippen molar-refractivity contribution in [1.82, 2.24) is 9.90 Å². The summed E-state index contributed by atoms with van der Waals surface area (Å²) < 4.78 is 3.50. The summed E-state index contributed by atoms with van der Waals surface area (Å²) in [5.74, 6) is 0. The Bertz CT molecular complexity index is 943. The van der Waals surface area contributed by atoms with Crippen LogP contribution < -0.4 is 10.2 Å². The zero-order valence-electron chi connectivity index (χ0n) is 12.6. The molecule has 1 aliphatic heterocycles. The monoisotopic (exact) mass is 329 g/mol. The second kappa shape index (κ2) is 5.68. The Hall–Kier alpha value is -2.37. The second-order valence-corrected chi connectivity index (χ2v) is 6.02. The van der Waals surface area contributed by atoms with Crippen molar-refractivity contribution in [2.24, 2.45) is 0 Å². The summed E-state index contributed by atoms with van der Waals surface area (Å²) in [6.45, 7) is 1.95. The molecule has 118 valence electrons. The Kier molecular flexibility index (Phi) is 3.83. The maximum Gasteiger partial charge on any atom is 0.402 e. The minimum Gasteiger partial charge on any atom is -0.870 e. The van der Waals surface area contributed by atoms with Crippen LogP contribution >= 0.6 is 11.6 Å². The molecule has 0 fully saturated rings. The van der Waals surface area contributed by atoms with E-state index in [9.17, 15) is 4.79 Å². The first-order valence-corrected chi connectivity index (χ1v) is 7.64. The first-order valence-electron chi connectivity index (χ1n) is 7.26. The number of H-pyrrole nitrogens is 1. The molecule has 1 aromatic heterocycles. The van der Waals surface area contributed by atoms with Gasteiger partial charge in [0.25, 0.3) is 0 Å². The molecule has 0 aliphatic carbocycles. The molecule has 2 N–H and O–H groups in total. The summed E-state index contributed by atoms with van der Waals surface area (Å²) >= 11 is 6.01. The molecule has 0 bridgehead atoms. The maximum absolute atomic E-state index is 12.7. The van der Waals surface area contributed by atoms with Crippen molar-refractivity contribution in [3.8, 4) is 11.4 Å². The van der Waals surface area contributed by atoms with Gasteiger partial charge in [0.05, 0.1) is 0 Å². The molecule has 0 saturated heterocycles. The lowest BCUT2D eigenvalue weighted by atomic mass is 10.0. The predicted molar refractivity (Wildman–Crippen MR) is 87.0 cm³/mol. The molecule has 2 aromatic carbocycles. The predicted octanol–water partition coefficient (Wildman–Crippen LogP) is 2.33. The van der Waals surface area contributed by atoms with Crippen molar-refractivity contribution < 1.29 is 10.2 Å². The number of benzene rings is 2. The summed E-state index contributed by atoms with van der Waals surface area (Å²) in [5.41, 5.74) is 4.87. The molecule has 23 heavy (non-hydrogen) atoms. The lowest BCUT2D eigenvalue weighted by Crippen LogP contribution is -2.42. The highest BCUT2D eigenvalue weighted by molar-refractivity contribution is 6.30. The van der Waals surface area contributed by atoms with E-state index in [0.29, 0.717) is 5.02 Å². The molecule has 0 atom stereocenters. The molecular weight excluding hydrogens is 314 g/mol. The average molecular weight is 330 g/mol. The van der Waals surface area contributed by atoms with Gasteiger partial charge in [0, 0.05) is 17.0 Å². The number of hydrogen-bond donors (Lipinski definition) is 1. The Morgan fingerprint density at radius 1 is 1.17 bits per heavy atom. The van der Waals surface area contributed by atoms with Gasteiger partial charge in [-0.05, 0) is 43.2 Å². The quantitative estimate of drug-likeness (QED) is 0.696. The van der Waals surface area contributed by atoms with Crippen LogP contribution in [-0.4, -0.2) is 15.4 Å². The van der Waals surface area contributed by atoms with Crippen LogP contribution in [0.15, 0.2) is 47.3 Å². The third kappa shape index (κ3) is 2.38. The molecule has 5 nitrogen and oxygen atoms in total. The number of hydrogen-bond acceptors (Lipinski definition) is 2. The Balaban J connectivity index is 0.00000156. The number of nitrogens with one attached hydrogen (secondary N) is 1. The van der Waals surface area contributed by atoms with E-state index in [2.05, 4.69) is 11.3 Å². The minimum absolute atomic E-state index is 0. The standard InChI is InChI=1S/C17H14ClN3O.H2O/c1-11-10-13(18)7-9-14(11)21-17(22)16-8-6-12-4-2-3-5-15(12)20(16)19-21;/h2-5,7,9-10H,6,8H2,1H3;1H2. The number of aromatic nitrogens is 3. The Labute approximate surface area is 138 Å². The first kappa shape index (κ1) is 15.5. The van der Waals surface area contributed by atoms with Gasteiger partial charge in [0.15, 0.2) is 11.4 Å². The Morgan fingerprint density at radius 2 is 1.96 bits per heavy atom. The van der Waals surface area contributed by atoms with Crippen LogP contribution in [0.3, 0.4) is 0 Å². The van der Waals surface area contributed by atoms with Gasteiger partial charge in [-0.1, -0.05) is 39.7 Å². The van der Waals surface area contributed by atoms with Gasteiger partial charge in [0.1, 0.15) is 0 Å². The van der Waals surface area contributed by atoms with E-state index in [0.717, 1.165) is 35.5 Å². The van der Waals surface area contributed by atoms with Crippen LogP contribution in [0.5, 0.6) is 0 Å². The van der Waals surface area contributed by atoms with Crippen LogP contribution in [-0.2, 0) is 12.8 Å². The van der Waals surface area contributed by atoms with Crippen LogP contribution in [0.1, 0.15) is 16.8 Å². The molecule has 0 amide bonds. The number of aryl methyl sites for hydroxylation is 2. The van der Waals surface area contributed by atoms with Gasteiger partial charge in [-0.2, -0.15) is 0 Å². The fourth-order valence-electron chi connectivity index (χ4n) is 3.07. The zero-order valence-corrected chi connectivity index (χ0v) is 13.3. The molecule has 4 rings (SSSR count). The van der Waals surface area contributed by atoms with E-state index >= 15 is 0 Å². The average Bonchev–Trinajstić information content (AvgIpc) is 2.85. The number of rotatable bonds is 1. The van der Waals surface area contributed by atoms with Crippen LogP contribution in [0.4, 0.5) is 0 Å². The van der Waals surface area contributed by atoms with Crippen LogP contribution in [0, 0.1) is 6.92 Å². The molecule has 2 heterocycles. The number of para-hydroxylation sites is 1. The number of aromatic amines is 1. The summed E-state index contributed by atoms with van der Waals surface area (Å²) in [7, 11) is 0. The molecule has 3 aromatic rings. The van der Waals surface area contributed by atoms with Crippen molar-refractivity contribution in [2.75, 3.05) is 0 Å². The third-order valence-electron chi connectivity index (χ3n) is 4.18. The maximum atomic E-state index is 12.7. The molecule has 6 heteroatoms. The van der Waals surface area contributed by atoms with Crippen molar-refractivity contribution in [1.29, 1.82) is 0 Å². The summed E-state index contributed by atoms with van der Waals surface area (Å²) in [6.07, 6.45) is 1.63. The minimum atomic E-state index is -0.0000690. The van der Waals surface area contributed by atoms with E-state index in [1.165, 1.54) is 5.56 Å². The fourth-order valence-corrected chi connectivity index (χ4v) is 3.30. The molecule has 0 radical (unpaired) electrons. The topological polar surface area (TPSA) is 71.7 Å². The summed E-state index contributed by atoms with van der Waals surface area (Å²) in [4.78, 5) is 12.7. The summed E-state index contributed by atoms with van der Waals surface area (Å²) in [5, 5.41) is 3.88. The molecule has 0 saturated carbocycles. The van der Waals surface area contributed by atoms with Crippen molar-refractivity contribution in [3.63, 3.8) is 0 Å².